The molecule has 0 fully saturated rings. The number of carbonyl (C=O) groups excluding carboxylic acids is 3. The summed E-state index contributed by atoms with van der Waals surface area (Å²) in [6.07, 6.45) is 0.366. The third kappa shape index (κ3) is 10.9. The van der Waals surface area contributed by atoms with E-state index in [1.165, 1.54) is 11.8 Å². The summed E-state index contributed by atoms with van der Waals surface area (Å²) in [6.45, 7) is 3.22. The van der Waals surface area contributed by atoms with Crippen LogP contribution >= 0.6 is 11.8 Å². The van der Waals surface area contributed by atoms with Crippen LogP contribution in [-0.4, -0.2) is 87.1 Å². The van der Waals surface area contributed by atoms with Crippen molar-refractivity contribution in [1.82, 2.24) is 16.0 Å². The number of rotatable bonds is 15. The van der Waals surface area contributed by atoms with E-state index >= 15 is 0 Å². The minimum Gasteiger partial charge on any atom is -0.481 e. The molecule has 0 aliphatic carbocycles. The van der Waals surface area contributed by atoms with Crippen molar-refractivity contribution in [1.29, 1.82) is 0 Å². The van der Waals surface area contributed by atoms with E-state index in [-0.39, 0.29) is 6.42 Å². The fourth-order valence-corrected chi connectivity index (χ4v) is 2.96. The summed E-state index contributed by atoms with van der Waals surface area (Å²) in [5.74, 6) is -6.83. The van der Waals surface area contributed by atoms with Gasteiger partial charge in [0.25, 0.3) is 0 Å². The lowest BCUT2D eigenvalue weighted by atomic mass is 10.0. The van der Waals surface area contributed by atoms with Crippen LogP contribution in [0.1, 0.15) is 33.1 Å². The minimum absolute atomic E-state index is 0.107. The lowest BCUT2D eigenvalue weighted by Crippen LogP contribution is -2.58. The van der Waals surface area contributed by atoms with E-state index < -0.39 is 78.6 Å². The van der Waals surface area contributed by atoms with Crippen LogP contribution in [0.4, 0.5) is 0 Å². The number of carboxylic acids is 3. The summed E-state index contributed by atoms with van der Waals surface area (Å²) < 4.78 is 0. The molecule has 0 aromatic heterocycles. The zero-order valence-corrected chi connectivity index (χ0v) is 18.8. The van der Waals surface area contributed by atoms with Crippen LogP contribution in [0.2, 0.25) is 0 Å². The third-order valence-corrected chi connectivity index (χ3v) is 4.86. The normalized spacial score (nSPS) is 14.5. The minimum atomic E-state index is -1.69. The van der Waals surface area contributed by atoms with E-state index in [0.717, 1.165) is 0 Å². The van der Waals surface area contributed by atoms with Crippen molar-refractivity contribution in [3.8, 4) is 0 Å². The summed E-state index contributed by atoms with van der Waals surface area (Å²) in [4.78, 5) is 70.2. The topological polar surface area (TPSA) is 225 Å². The Kier molecular flexibility index (Phi) is 13.0. The van der Waals surface area contributed by atoms with Gasteiger partial charge in [-0.3, -0.25) is 24.0 Å². The quantitative estimate of drug-likeness (QED) is 0.139. The number of nitrogens with two attached hydrogens (primary N) is 1. The first-order valence-corrected chi connectivity index (χ1v) is 11.0. The van der Waals surface area contributed by atoms with Crippen LogP contribution in [0.5, 0.6) is 0 Å². The van der Waals surface area contributed by atoms with E-state index in [4.69, 9.17) is 21.1 Å². The molecular weight excluding hydrogens is 448 g/mol. The SMILES string of the molecule is CSCCC(NC(=O)C(NC(=O)C(N)CC(=O)O)C(C)C)C(=O)NC(CC(=O)O)C(=O)O. The Bertz CT molecular complexity index is 717. The highest BCUT2D eigenvalue weighted by Gasteiger charge is 2.32. The summed E-state index contributed by atoms with van der Waals surface area (Å²) in [6, 6.07) is -5.43. The highest BCUT2D eigenvalue weighted by molar-refractivity contribution is 7.98. The highest BCUT2D eigenvalue weighted by atomic mass is 32.2. The fraction of sp³-hybridized carbons (Fsp3) is 0.667. The molecule has 0 aliphatic rings. The largest absolute Gasteiger partial charge is 0.481 e. The van der Waals surface area contributed by atoms with Gasteiger partial charge in [0.05, 0.1) is 18.9 Å². The lowest BCUT2D eigenvalue weighted by Gasteiger charge is -2.26. The van der Waals surface area contributed by atoms with Gasteiger partial charge in [-0.25, -0.2) is 4.79 Å². The van der Waals surface area contributed by atoms with Crippen LogP contribution in [0, 0.1) is 5.92 Å². The molecule has 0 radical (unpaired) electrons. The van der Waals surface area contributed by atoms with E-state index in [9.17, 15) is 28.8 Å². The Morgan fingerprint density at radius 3 is 1.78 bits per heavy atom. The maximum atomic E-state index is 12.8. The van der Waals surface area contributed by atoms with Gasteiger partial charge >= 0.3 is 17.9 Å². The maximum absolute atomic E-state index is 12.8. The molecule has 0 aliphatic heterocycles. The Labute approximate surface area is 188 Å². The number of amides is 3. The van der Waals surface area contributed by atoms with E-state index in [1.54, 1.807) is 20.1 Å². The van der Waals surface area contributed by atoms with Crippen molar-refractivity contribution in [2.24, 2.45) is 11.7 Å². The molecule has 0 saturated carbocycles. The number of thioether (sulfide) groups is 1. The number of aliphatic carboxylic acids is 3. The Balaban J connectivity index is 5.41. The third-order valence-electron chi connectivity index (χ3n) is 4.22. The van der Waals surface area contributed by atoms with Crippen molar-refractivity contribution in [2.75, 3.05) is 12.0 Å². The van der Waals surface area contributed by atoms with Crippen molar-refractivity contribution >= 4 is 47.4 Å². The van der Waals surface area contributed by atoms with Crippen LogP contribution in [-0.2, 0) is 28.8 Å². The van der Waals surface area contributed by atoms with E-state index in [1.807, 2.05) is 0 Å². The van der Waals surface area contributed by atoms with Gasteiger partial charge in [-0.1, -0.05) is 13.8 Å². The molecule has 3 amide bonds. The second-order valence-corrected chi connectivity index (χ2v) is 8.26. The highest BCUT2D eigenvalue weighted by Crippen LogP contribution is 2.07. The second-order valence-electron chi connectivity index (χ2n) is 7.27. The number of hydrogen-bond donors (Lipinski definition) is 7. The van der Waals surface area contributed by atoms with E-state index in [0.29, 0.717) is 5.75 Å². The Morgan fingerprint density at radius 2 is 1.34 bits per heavy atom. The first-order chi connectivity index (χ1) is 14.8. The Morgan fingerprint density at radius 1 is 0.812 bits per heavy atom. The fourth-order valence-electron chi connectivity index (χ4n) is 2.49. The molecule has 13 nitrogen and oxygen atoms in total. The van der Waals surface area contributed by atoms with Gasteiger partial charge in [-0.05, 0) is 24.3 Å². The van der Waals surface area contributed by atoms with E-state index in [2.05, 4.69) is 16.0 Å². The first-order valence-electron chi connectivity index (χ1n) is 9.62. The molecule has 8 N–H and O–H groups in total. The molecule has 32 heavy (non-hydrogen) atoms. The van der Waals surface area contributed by atoms with Crippen molar-refractivity contribution in [3.63, 3.8) is 0 Å². The maximum Gasteiger partial charge on any atom is 0.326 e. The zero-order chi connectivity index (χ0) is 25.0. The van der Waals surface area contributed by atoms with Crippen LogP contribution in [0.3, 0.4) is 0 Å². The molecule has 0 bridgehead atoms. The smallest absolute Gasteiger partial charge is 0.326 e. The lowest BCUT2D eigenvalue weighted by molar-refractivity contribution is -0.147. The average Bonchev–Trinajstić information content (AvgIpc) is 2.66. The van der Waals surface area contributed by atoms with Gasteiger partial charge in [0, 0.05) is 0 Å². The number of carbonyl (C=O) groups is 6. The summed E-state index contributed by atoms with van der Waals surface area (Å²) in [7, 11) is 0. The molecule has 4 atom stereocenters. The summed E-state index contributed by atoms with van der Waals surface area (Å²) >= 11 is 1.36. The molecule has 0 rings (SSSR count). The van der Waals surface area contributed by atoms with Crippen molar-refractivity contribution in [2.45, 2.75) is 57.3 Å². The summed E-state index contributed by atoms with van der Waals surface area (Å²) in [5.41, 5.74) is 5.51. The van der Waals surface area contributed by atoms with Gasteiger partial charge in [0.2, 0.25) is 17.7 Å². The molecular formula is C18H30N4O9S. The molecule has 0 saturated heterocycles. The van der Waals surface area contributed by atoms with Crippen LogP contribution in [0.15, 0.2) is 0 Å². The predicted molar refractivity (Wildman–Crippen MR) is 114 cm³/mol. The van der Waals surface area contributed by atoms with Crippen LogP contribution < -0.4 is 21.7 Å². The summed E-state index contributed by atoms with van der Waals surface area (Å²) in [5, 5.41) is 33.6. The average molecular weight is 479 g/mol. The van der Waals surface area contributed by atoms with Crippen molar-refractivity contribution < 1.29 is 44.1 Å². The number of hydrogen-bond acceptors (Lipinski definition) is 8. The molecule has 0 aromatic rings. The van der Waals surface area contributed by atoms with Gasteiger partial charge in [-0.2, -0.15) is 11.8 Å². The molecule has 14 heteroatoms. The Hall–Kier alpha value is -2.87. The van der Waals surface area contributed by atoms with Gasteiger partial charge < -0.3 is 37.0 Å². The predicted octanol–water partition coefficient (Wildman–Crippen LogP) is -1.79. The number of carboxylic acid groups (broad SMARTS) is 3. The molecule has 0 heterocycles. The molecule has 4 unspecified atom stereocenters. The van der Waals surface area contributed by atoms with Gasteiger partial charge in [0.15, 0.2) is 0 Å². The monoisotopic (exact) mass is 478 g/mol. The molecule has 0 spiro atoms. The molecule has 182 valence electrons. The van der Waals surface area contributed by atoms with Crippen LogP contribution in [0.25, 0.3) is 0 Å². The first kappa shape index (κ1) is 29.1. The number of nitrogens with one attached hydrogen (secondary N) is 3. The molecule has 0 aromatic carbocycles. The van der Waals surface area contributed by atoms with Gasteiger partial charge in [-0.15, -0.1) is 0 Å². The van der Waals surface area contributed by atoms with Gasteiger partial charge in [0.1, 0.15) is 18.1 Å². The zero-order valence-electron chi connectivity index (χ0n) is 18.0. The standard InChI is InChI=1S/C18H30N4O9S/c1-8(2)14(22-15(27)9(19)6-12(23)24)17(29)20-10(4-5-32-3)16(28)21-11(18(30)31)7-13(25)26/h8-11,14H,4-7,19H2,1-3H3,(H,20,29)(H,21,28)(H,22,27)(H,23,24)(H,25,26)(H,30,31). The second kappa shape index (κ2) is 14.2. The van der Waals surface area contributed by atoms with Crippen molar-refractivity contribution in [3.05, 3.63) is 0 Å².